The van der Waals surface area contributed by atoms with Crippen LogP contribution in [-0.2, 0) is 9.63 Å². The van der Waals surface area contributed by atoms with Crippen molar-refractivity contribution in [1.82, 2.24) is 4.90 Å². The summed E-state index contributed by atoms with van der Waals surface area (Å²) in [7, 11) is 3.40. The Morgan fingerprint density at radius 3 is 2.27 bits per heavy atom. The van der Waals surface area contributed by atoms with Crippen molar-refractivity contribution in [2.75, 3.05) is 20.7 Å². The third-order valence-corrected chi connectivity index (χ3v) is 2.32. The highest BCUT2D eigenvalue weighted by Crippen LogP contribution is 2.25. The Labute approximate surface area is 96.0 Å². The van der Waals surface area contributed by atoms with E-state index in [0.29, 0.717) is 11.7 Å². The lowest BCUT2D eigenvalue weighted by molar-refractivity contribution is -0.121. The molecule has 5 heteroatoms. The predicted octanol–water partition coefficient (Wildman–Crippen LogP) is 1.96. The molecule has 0 aromatic rings. The van der Waals surface area contributed by atoms with Gasteiger partial charge in [-0.1, -0.05) is 37.7 Å². The highest BCUT2D eigenvalue weighted by Gasteiger charge is 2.22. The molecule has 0 rings (SSSR count). The van der Waals surface area contributed by atoms with Gasteiger partial charge in [-0.05, 0) is 6.92 Å². The summed E-state index contributed by atoms with van der Waals surface area (Å²) in [6.45, 7) is 8.39. The van der Waals surface area contributed by atoms with Gasteiger partial charge >= 0.3 is 0 Å². The molecular weight excluding hydrogens is 212 g/mol. The normalized spacial score (nSPS) is 12.5. The minimum Gasteiger partial charge on any atom is -0.395 e. The van der Waals surface area contributed by atoms with Gasteiger partial charge in [-0.25, -0.2) is 0 Å². The number of carbonyl (C=O) groups excluding carboxylic acids is 1. The van der Waals surface area contributed by atoms with Crippen molar-refractivity contribution in [3.05, 3.63) is 0 Å². The zero-order valence-corrected chi connectivity index (χ0v) is 11.1. The summed E-state index contributed by atoms with van der Waals surface area (Å²) >= 11 is 1.41. The quantitative estimate of drug-likeness (QED) is 0.415. The number of rotatable bonds is 2. The Morgan fingerprint density at radius 2 is 1.93 bits per heavy atom. The molecule has 4 nitrogen and oxygen atoms in total. The van der Waals surface area contributed by atoms with Gasteiger partial charge in [0.25, 0.3) is 5.91 Å². The molecule has 0 saturated carbocycles. The van der Waals surface area contributed by atoms with E-state index >= 15 is 0 Å². The van der Waals surface area contributed by atoms with Crippen LogP contribution in [0.25, 0.3) is 0 Å². The zero-order chi connectivity index (χ0) is 12.1. The van der Waals surface area contributed by atoms with Crippen LogP contribution in [0.15, 0.2) is 5.16 Å². The lowest BCUT2D eigenvalue weighted by Crippen LogP contribution is -2.30. The predicted molar refractivity (Wildman–Crippen MR) is 65.1 cm³/mol. The summed E-state index contributed by atoms with van der Waals surface area (Å²) in [4.78, 5) is 18.1. The second-order valence-electron chi connectivity index (χ2n) is 4.23. The summed E-state index contributed by atoms with van der Waals surface area (Å²) < 4.78 is -0.0540. The first-order chi connectivity index (χ1) is 6.78. The molecule has 15 heavy (non-hydrogen) atoms. The van der Waals surface area contributed by atoms with Crippen LogP contribution in [0.2, 0.25) is 0 Å². The first kappa shape index (κ1) is 14.3. The Kier molecular flexibility index (Phi) is 5.72. The lowest BCUT2D eigenvalue weighted by atomic mass is 10.3. The molecule has 0 aliphatic carbocycles. The van der Waals surface area contributed by atoms with Gasteiger partial charge in [0.1, 0.15) is 6.61 Å². The van der Waals surface area contributed by atoms with Crippen LogP contribution < -0.4 is 0 Å². The van der Waals surface area contributed by atoms with E-state index in [4.69, 9.17) is 4.84 Å². The van der Waals surface area contributed by atoms with Gasteiger partial charge in [-0.2, -0.15) is 0 Å². The Morgan fingerprint density at radius 1 is 1.40 bits per heavy atom. The van der Waals surface area contributed by atoms with Crippen LogP contribution in [0.5, 0.6) is 0 Å². The van der Waals surface area contributed by atoms with Gasteiger partial charge in [0.15, 0.2) is 0 Å². The fourth-order valence-corrected chi connectivity index (χ4v) is 1.65. The average Bonchev–Trinajstić information content (AvgIpc) is 2.09. The van der Waals surface area contributed by atoms with Crippen LogP contribution in [0.1, 0.15) is 27.7 Å². The number of hydrogen-bond acceptors (Lipinski definition) is 4. The van der Waals surface area contributed by atoms with Gasteiger partial charge < -0.3 is 9.74 Å². The second-order valence-corrected chi connectivity index (χ2v) is 6.04. The molecule has 0 heterocycles. The molecule has 0 fully saturated rings. The van der Waals surface area contributed by atoms with Crippen molar-refractivity contribution in [3.63, 3.8) is 0 Å². The van der Waals surface area contributed by atoms with Crippen molar-refractivity contribution in [1.29, 1.82) is 0 Å². The zero-order valence-electron chi connectivity index (χ0n) is 10.3. The first-order valence-corrected chi connectivity index (χ1v) is 5.70. The van der Waals surface area contributed by atoms with E-state index in [2.05, 4.69) is 5.16 Å². The maximum Gasteiger partial charge on any atom is 0.282 e. The molecule has 0 aromatic carbocycles. The average molecular weight is 232 g/mol. The third-order valence-electron chi connectivity index (χ3n) is 1.27. The monoisotopic (exact) mass is 232 g/mol. The van der Waals surface area contributed by atoms with Gasteiger partial charge in [-0.3, -0.25) is 4.79 Å². The molecular formula is C10H20N2O2S. The Bertz CT molecular complexity index is 244. The molecule has 0 aromatic heterocycles. The molecule has 0 atom stereocenters. The number of oxime groups is 1. The number of hydrogen-bond donors (Lipinski definition) is 0. The van der Waals surface area contributed by atoms with Crippen LogP contribution >= 0.6 is 11.8 Å². The van der Waals surface area contributed by atoms with E-state index in [1.165, 1.54) is 16.7 Å². The van der Waals surface area contributed by atoms with Crippen molar-refractivity contribution in [2.24, 2.45) is 5.16 Å². The van der Waals surface area contributed by atoms with E-state index in [0.717, 1.165) is 0 Å². The number of amides is 1. The maximum absolute atomic E-state index is 11.7. The molecule has 0 radical (unpaired) electrons. The fraction of sp³-hybridized carbons (Fsp3) is 0.800. The SMILES string of the molecule is CCO/N=C(\SC(C)(C)C)C(=O)N(C)C. The lowest BCUT2D eigenvalue weighted by Gasteiger charge is -2.19. The maximum atomic E-state index is 11.7. The molecule has 88 valence electrons. The summed E-state index contributed by atoms with van der Waals surface area (Å²) in [5.74, 6) is -0.122. The van der Waals surface area contributed by atoms with E-state index in [9.17, 15) is 4.79 Å². The molecule has 0 N–H and O–H groups in total. The summed E-state index contributed by atoms with van der Waals surface area (Å²) in [6, 6.07) is 0. The van der Waals surface area contributed by atoms with E-state index in [1.807, 2.05) is 27.7 Å². The van der Waals surface area contributed by atoms with Crippen molar-refractivity contribution in [3.8, 4) is 0 Å². The largest absolute Gasteiger partial charge is 0.395 e. The van der Waals surface area contributed by atoms with Gasteiger partial charge in [-0.15, -0.1) is 0 Å². The summed E-state index contributed by atoms with van der Waals surface area (Å²) in [5, 5.41) is 4.23. The molecule has 0 aliphatic heterocycles. The second kappa shape index (κ2) is 6.00. The molecule has 0 saturated heterocycles. The van der Waals surface area contributed by atoms with E-state index in [-0.39, 0.29) is 10.7 Å². The summed E-state index contributed by atoms with van der Waals surface area (Å²) in [6.07, 6.45) is 0. The van der Waals surface area contributed by atoms with Crippen molar-refractivity contribution in [2.45, 2.75) is 32.4 Å². The molecule has 0 aliphatic rings. The Hall–Kier alpha value is -0.710. The highest BCUT2D eigenvalue weighted by atomic mass is 32.2. The number of nitrogens with zero attached hydrogens (tertiary/aromatic N) is 2. The van der Waals surface area contributed by atoms with Gasteiger partial charge in [0.2, 0.25) is 5.04 Å². The highest BCUT2D eigenvalue weighted by molar-refractivity contribution is 8.16. The third kappa shape index (κ3) is 6.38. The fourth-order valence-electron chi connectivity index (χ4n) is 0.706. The smallest absolute Gasteiger partial charge is 0.282 e. The van der Waals surface area contributed by atoms with Crippen LogP contribution in [-0.4, -0.2) is 41.3 Å². The first-order valence-electron chi connectivity index (χ1n) is 4.88. The van der Waals surface area contributed by atoms with Crippen LogP contribution in [0.3, 0.4) is 0 Å². The van der Waals surface area contributed by atoms with E-state index < -0.39 is 0 Å². The molecule has 0 spiro atoms. The standard InChI is InChI=1S/C10H20N2O2S/c1-7-14-11-8(9(13)12(5)6)15-10(2,3)4/h7H2,1-6H3/b11-8-. The van der Waals surface area contributed by atoms with Crippen molar-refractivity contribution >= 4 is 22.7 Å². The minimum atomic E-state index is -0.122. The molecule has 0 unspecified atom stereocenters. The minimum absolute atomic E-state index is 0.0540. The van der Waals surface area contributed by atoms with E-state index in [1.54, 1.807) is 14.1 Å². The molecule has 0 bridgehead atoms. The Balaban J connectivity index is 4.67. The molecule has 1 amide bonds. The topological polar surface area (TPSA) is 41.9 Å². The van der Waals surface area contributed by atoms with Gasteiger partial charge in [0, 0.05) is 18.8 Å². The van der Waals surface area contributed by atoms with Crippen molar-refractivity contribution < 1.29 is 9.63 Å². The summed E-state index contributed by atoms with van der Waals surface area (Å²) in [5.41, 5.74) is 0. The van der Waals surface area contributed by atoms with Gasteiger partial charge in [0.05, 0.1) is 0 Å². The van der Waals surface area contributed by atoms with Crippen LogP contribution in [0.4, 0.5) is 0 Å². The number of thioether (sulfide) groups is 1. The van der Waals surface area contributed by atoms with Crippen LogP contribution in [0, 0.1) is 0 Å². The number of carbonyl (C=O) groups is 1.